The number of hydrogen-bond donors (Lipinski definition) is 0. The van der Waals surface area contributed by atoms with Crippen LogP contribution < -0.4 is 0 Å². The molecule has 0 bridgehead atoms. The molecule has 0 aliphatic heterocycles. The van der Waals surface area contributed by atoms with Gasteiger partial charge in [0, 0.05) is 0 Å². The summed E-state index contributed by atoms with van der Waals surface area (Å²) in [6, 6.07) is 0. The fraction of sp³-hybridized carbons (Fsp3) is 1.00. The molecule has 2 fully saturated rings. The maximum absolute atomic E-state index is 11.7. The highest BCUT2D eigenvalue weighted by atomic mass is 32.2. The Balaban J connectivity index is 2.05. The van der Waals surface area contributed by atoms with E-state index >= 15 is 0 Å². The van der Waals surface area contributed by atoms with E-state index in [9.17, 15) is 8.42 Å². The van der Waals surface area contributed by atoms with Crippen LogP contribution in [0.3, 0.4) is 0 Å². The minimum atomic E-state index is -2.69. The minimum Gasteiger partial charge on any atom is -0.228 e. The molecule has 0 unspecified atom stereocenters. The molecule has 0 aromatic heterocycles. The predicted molar refractivity (Wildman–Crippen MR) is 48.8 cm³/mol. The molecule has 2 saturated carbocycles. The van der Waals surface area contributed by atoms with E-state index in [-0.39, 0.29) is 10.5 Å². The molecule has 0 spiro atoms. The maximum Gasteiger partial charge on any atom is 0.156 e. The van der Waals surface area contributed by atoms with E-state index in [1.807, 2.05) is 0 Å². The zero-order valence-corrected chi connectivity index (χ0v) is 8.15. The molecule has 0 radical (unpaired) electrons. The summed E-state index contributed by atoms with van der Waals surface area (Å²) < 4.78 is 23.5. The molecule has 0 atom stereocenters. The Labute approximate surface area is 74.3 Å². The van der Waals surface area contributed by atoms with Crippen LogP contribution in [0.4, 0.5) is 0 Å². The molecule has 2 nitrogen and oxygen atoms in total. The van der Waals surface area contributed by atoms with E-state index < -0.39 is 9.84 Å². The largest absolute Gasteiger partial charge is 0.228 e. The van der Waals surface area contributed by atoms with Gasteiger partial charge in [0.2, 0.25) is 0 Å². The molecule has 12 heavy (non-hydrogen) atoms. The maximum atomic E-state index is 11.7. The lowest BCUT2D eigenvalue weighted by Gasteiger charge is -2.21. The van der Waals surface area contributed by atoms with Crippen LogP contribution in [0.1, 0.15) is 44.9 Å². The Hall–Kier alpha value is -0.0500. The van der Waals surface area contributed by atoms with Crippen molar-refractivity contribution in [1.29, 1.82) is 0 Å². The Bertz CT molecular complexity index is 246. The highest BCUT2D eigenvalue weighted by Crippen LogP contribution is 2.36. The Morgan fingerprint density at radius 2 is 1.25 bits per heavy atom. The van der Waals surface area contributed by atoms with Gasteiger partial charge in [-0.1, -0.05) is 19.3 Å². The van der Waals surface area contributed by atoms with Crippen LogP contribution >= 0.6 is 0 Å². The van der Waals surface area contributed by atoms with Gasteiger partial charge in [-0.25, -0.2) is 8.42 Å². The van der Waals surface area contributed by atoms with Gasteiger partial charge in [-0.05, 0) is 25.7 Å². The van der Waals surface area contributed by atoms with Gasteiger partial charge in [-0.2, -0.15) is 0 Å². The summed E-state index contributed by atoms with van der Waals surface area (Å²) in [5.41, 5.74) is 0. The third-order valence-corrected chi connectivity index (χ3v) is 5.81. The molecule has 0 heterocycles. The molecular weight excluding hydrogens is 172 g/mol. The first-order valence-corrected chi connectivity index (χ1v) is 6.55. The molecular formula is C9H16O2S. The van der Waals surface area contributed by atoms with Gasteiger partial charge in [0.1, 0.15) is 0 Å². The second-order valence-electron chi connectivity index (χ2n) is 4.05. The summed E-state index contributed by atoms with van der Waals surface area (Å²) in [4.78, 5) is 0. The molecule has 0 saturated heterocycles. The van der Waals surface area contributed by atoms with Crippen molar-refractivity contribution in [3.63, 3.8) is 0 Å². The first kappa shape index (κ1) is 8.54. The van der Waals surface area contributed by atoms with Crippen molar-refractivity contribution in [2.75, 3.05) is 0 Å². The summed E-state index contributed by atoms with van der Waals surface area (Å²) in [7, 11) is -2.69. The Kier molecular flexibility index (Phi) is 2.15. The van der Waals surface area contributed by atoms with Crippen molar-refractivity contribution >= 4 is 9.84 Å². The second-order valence-corrected chi connectivity index (χ2v) is 6.56. The zero-order chi connectivity index (χ0) is 8.60. The van der Waals surface area contributed by atoms with Gasteiger partial charge in [-0.15, -0.1) is 0 Å². The summed E-state index contributed by atoms with van der Waals surface area (Å²) in [5.74, 6) is 0. The standard InChI is InChI=1S/C9H16O2S/c10-12(11,9-6-7-9)8-4-2-1-3-5-8/h8-9H,1-7H2. The average molecular weight is 188 g/mol. The van der Waals surface area contributed by atoms with Crippen LogP contribution in [0, 0.1) is 0 Å². The van der Waals surface area contributed by atoms with Crippen molar-refractivity contribution in [3.05, 3.63) is 0 Å². The summed E-state index contributed by atoms with van der Waals surface area (Å²) in [5, 5.41) is 0.0827. The van der Waals surface area contributed by atoms with Gasteiger partial charge in [0.05, 0.1) is 10.5 Å². The van der Waals surface area contributed by atoms with Crippen molar-refractivity contribution in [3.8, 4) is 0 Å². The van der Waals surface area contributed by atoms with Crippen molar-refractivity contribution in [2.24, 2.45) is 0 Å². The topological polar surface area (TPSA) is 34.1 Å². The normalized spacial score (nSPS) is 27.3. The third-order valence-electron chi connectivity index (χ3n) is 3.01. The molecule has 2 aliphatic rings. The summed E-state index contributed by atoms with van der Waals surface area (Å²) >= 11 is 0. The molecule has 2 aliphatic carbocycles. The van der Waals surface area contributed by atoms with E-state index in [2.05, 4.69) is 0 Å². The second kappa shape index (κ2) is 3.02. The monoisotopic (exact) mass is 188 g/mol. The van der Waals surface area contributed by atoms with E-state index in [0.717, 1.165) is 38.5 Å². The fourth-order valence-corrected chi connectivity index (χ4v) is 4.39. The number of rotatable bonds is 2. The average Bonchev–Trinajstić information content (AvgIpc) is 2.88. The van der Waals surface area contributed by atoms with Crippen LogP contribution in [0.2, 0.25) is 0 Å². The molecule has 70 valence electrons. The Morgan fingerprint density at radius 3 is 1.75 bits per heavy atom. The number of sulfone groups is 1. The van der Waals surface area contributed by atoms with E-state index in [4.69, 9.17) is 0 Å². The summed E-state index contributed by atoms with van der Waals surface area (Å²) in [6.07, 6.45) is 7.19. The van der Waals surface area contributed by atoms with Gasteiger partial charge in [-0.3, -0.25) is 0 Å². The quantitative estimate of drug-likeness (QED) is 0.663. The molecule has 3 heteroatoms. The van der Waals surface area contributed by atoms with Crippen LogP contribution in [0.25, 0.3) is 0 Å². The van der Waals surface area contributed by atoms with Crippen molar-refractivity contribution in [2.45, 2.75) is 55.4 Å². The predicted octanol–water partition coefficient (Wildman–Crippen LogP) is 1.90. The molecule has 0 aromatic rings. The lowest BCUT2D eigenvalue weighted by molar-refractivity contribution is 0.483. The van der Waals surface area contributed by atoms with Crippen LogP contribution in [-0.4, -0.2) is 18.9 Å². The lowest BCUT2D eigenvalue weighted by Crippen LogP contribution is -2.26. The van der Waals surface area contributed by atoms with Gasteiger partial charge >= 0.3 is 0 Å². The van der Waals surface area contributed by atoms with Gasteiger partial charge < -0.3 is 0 Å². The van der Waals surface area contributed by atoms with Crippen LogP contribution in [0.5, 0.6) is 0 Å². The van der Waals surface area contributed by atoms with E-state index in [1.165, 1.54) is 6.42 Å². The highest BCUT2D eigenvalue weighted by Gasteiger charge is 2.41. The molecule has 0 N–H and O–H groups in total. The Morgan fingerprint density at radius 1 is 0.750 bits per heavy atom. The first-order valence-electron chi connectivity index (χ1n) is 4.94. The summed E-state index contributed by atoms with van der Waals surface area (Å²) in [6.45, 7) is 0. The molecule has 2 rings (SSSR count). The molecule has 0 aromatic carbocycles. The fourth-order valence-electron chi connectivity index (χ4n) is 2.06. The minimum absolute atomic E-state index is 0.0266. The SMILES string of the molecule is O=S(=O)(C1CCCCC1)C1CC1. The lowest BCUT2D eigenvalue weighted by atomic mass is 10.0. The first-order chi connectivity index (χ1) is 5.71. The number of hydrogen-bond acceptors (Lipinski definition) is 2. The smallest absolute Gasteiger partial charge is 0.156 e. The third kappa shape index (κ3) is 1.51. The molecule has 0 amide bonds. The van der Waals surface area contributed by atoms with E-state index in [0.29, 0.717) is 0 Å². The highest BCUT2D eigenvalue weighted by molar-refractivity contribution is 7.92. The van der Waals surface area contributed by atoms with Gasteiger partial charge in [0.15, 0.2) is 9.84 Å². The van der Waals surface area contributed by atoms with E-state index in [1.54, 1.807) is 0 Å². The van der Waals surface area contributed by atoms with Crippen LogP contribution in [0.15, 0.2) is 0 Å². The van der Waals surface area contributed by atoms with Crippen molar-refractivity contribution < 1.29 is 8.42 Å². The van der Waals surface area contributed by atoms with Gasteiger partial charge in [0.25, 0.3) is 0 Å². The van der Waals surface area contributed by atoms with Crippen LogP contribution in [-0.2, 0) is 9.84 Å². The van der Waals surface area contributed by atoms with Crippen molar-refractivity contribution in [1.82, 2.24) is 0 Å². The zero-order valence-electron chi connectivity index (χ0n) is 7.33.